The van der Waals surface area contributed by atoms with E-state index in [1.165, 1.54) is 5.56 Å². The predicted molar refractivity (Wildman–Crippen MR) is 72.6 cm³/mol. The first-order chi connectivity index (χ1) is 8.75. The topological polar surface area (TPSA) is 50.7 Å². The second-order valence-electron chi connectivity index (χ2n) is 4.52. The molecule has 0 aromatic carbocycles. The first kappa shape index (κ1) is 12.5. The van der Waals surface area contributed by atoms with Gasteiger partial charge in [-0.1, -0.05) is 19.9 Å². The fraction of sp³-hybridized carbons (Fsp3) is 0.357. The molecule has 0 aliphatic rings. The van der Waals surface area contributed by atoms with Gasteiger partial charge in [0.05, 0.1) is 0 Å². The van der Waals surface area contributed by atoms with Gasteiger partial charge in [-0.3, -0.25) is 4.98 Å². The van der Waals surface area contributed by atoms with Gasteiger partial charge in [0.2, 0.25) is 0 Å². The second-order valence-corrected chi connectivity index (χ2v) is 4.52. The molecule has 0 radical (unpaired) electrons. The second kappa shape index (κ2) is 6.10. The lowest BCUT2D eigenvalue weighted by molar-refractivity contribution is 0.813. The molecule has 0 saturated heterocycles. The van der Waals surface area contributed by atoms with Crippen molar-refractivity contribution >= 4 is 5.82 Å². The predicted octanol–water partition coefficient (Wildman–Crippen LogP) is 2.65. The van der Waals surface area contributed by atoms with Crippen LogP contribution < -0.4 is 5.32 Å². The van der Waals surface area contributed by atoms with E-state index < -0.39 is 0 Å². The van der Waals surface area contributed by atoms with Crippen LogP contribution in [0.4, 0.5) is 5.82 Å². The van der Waals surface area contributed by atoms with Gasteiger partial charge in [0.25, 0.3) is 0 Å². The van der Waals surface area contributed by atoms with Gasteiger partial charge in [0.1, 0.15) is 12.1 Å². The average molecular weight is 242 g/mol. The van der Waals surface area contributed by atoms with E-state index in [2.05, 4.69) is 40.2 Å². The molecular weight excluding hydrogens is 224 g/mol. The molecule has 0 amide bonds. The van der Waals surface area contributed by atoms with Crippen LogP contribution >= 0.6 is 0 Å². The van der Waals surface area contributed by atoms with Crippen LogP contribution in [0.15, 0.2) is 36.9 Å². The molecule has 0 aliphatic carbocycles. The highest BCUT2D eigenvalue weighted by Crippen LogP contribution is 2.13. The summed E-state index contributed by atoms with van der Waals surface area (Å²) in [6.07, 6.45) is 6.23. The van der Waals surface area contributed by atoms with Gasteiger partial charge in [0.15, 0.2) is 0 Å². The van der Waals surface area contributed by atoms with Gasteiger partial charge in [0, 0.05) is 30.7 Å². The third kappa shape index (κ3) is 3.52. The van der Waals surface area contributed by atoms with E-state index in [1.807, 2.05) is 18.3 Å². The normalized spacial score (nSPS) is 10.6. The van der Waals surface area contributed by atoms with Crippen molar-refractivity contribution in [3.63, 3.8) is 0 Å². The van der Waals surface area contributed by atoms with Crippen molar-refractivity contribution in [2.45, 2.75) is 26.2 Å². The van der Waals surface area contributed by atoms with Crippen LogP contribution in [-0.2, 0) is 6.42 Å². The van der Waals surface area contributed by atoms with E-state index in [9.17, 15) is 0 Å². The van der Waals surface area contributed by atoms with Crippen LogP contribution in [0.25, 0.3) is 0 Å². The Bertz CT molecular complexity index is 482. The number of anilines is 1. The van der Waals surface area contributed by atoms with Gasteiger partial charge in [-0.05, 0) is 24.0 Å². The molecule has 94 valence electrons. The Morgan fingerprint density at radius 2 is 2.17 bits per heavy atom. The van der Waals surface area contributed by atoms with Crippen LogP contribution in [0.3, 0.4) is 0 Å². The first-order valence-corrected chi connectivity index (χ1v) is 6.20. The summed E-state index contributed by atoms with van der Waals surface area (Å²) in [5.74, 6) is 1.31. The summed E-state index contributed by atoms with van der Waals surface area (Å²) in [5.41, 5.74) is 2.29. The molecule has 1 N–H and O–H groups in total. The molecule has 18 heavy (non-hydrogen) atoms. The van der Waals surface area contributed by atoms with Crippen LogP contribution in [0.1, 0.15) is 31.0 Å². The molecule has 0 atom stereocenters. The Labute approximate surface area is 108 Å². The van der Waals surface area contributed by atoms with E-state index in [1.54, 1.807) is 12.5 Å². The maximum absolute atomic E-state index is 4.24. The summed E-state index contributed by atoms with van der Waals surface area (Å²) in [6, 6.07) is 6.04. The Hall–Kier alpha value is -1.97. The van der Waals surface area contributed by atoms with Crippen molar-refractivity contribution in [2.24, 2.45) is 0 Å². The molecule has 0 saturated carbocycles. The van der Waals surface area contributed by atoms with Gasteiger partial charge in [-0.25, -0.2) is 9.97 Å². The monoisotopic (exact) mass is 242 g/mol. The molecule has 0 fully saturated rings. The molecule has 2 aromatic heterocycles. The maximum Gasteiger partial charge on any atom is 0.129 e. The summed E-state index contributed by atoms with van der Waals surface area (Å²) in [4.78, 5) is 12.6. The molecule has 0 aliphatic heterocycles. The molecular formula is C14H18N4. The maximum atomic E-state index is 4.24. The van der Waals surface area contributed by atoms with Gasteiger partial charge in [-0.15, -0.1) is 0 Å². The van der Waals surface area contributed by atoms with E-state index in [0.29, 0.717) is 5.92 Å². The third-order valence-corrected chi connectivity index (χ3v) is 2.72. The molecule has 2 aromatic rings. The third-order valence-electron chi connectivity index (χ3n) is 2.72. The first-order valence-electron chi connectivity index (χ1n) is 6.20. The van der Waals surface area contributed by atoms with Crippen molar-refractivity contribution in [3.8, 4) is 0 Å². The number of rotatable bonds is 5. The highest BCUT2D eigenvalue weighted by Gasteiger charge is 2.02. The fourth-order valence-electron chi connectivity index (χ4n) is 1.67. The smallest absolute Gasteiger partial charge is 0.129 e. The number of pyridine rings is 1. The van der Waals surface area contributed by atoms with Crippen molar-refractivity contribution in [1.82, 2.24) is 15.0 Å². The Morgan fingerprint density at radius 3 is 2.89 bits per heavy atom. The summed E-state index contributed by atoms with van der Waals surface area (Å²) >= 11 is 0. The number of nitrogens with zero attached hydrogens (tertiary/aromatic N) is 3. The largest absolute Gasteiger partial charge is 0.370 e. The van der Waals surface area contributed by atoms with E-state index in [4.69, 9.17) is 0 Å². The molecule has 0 bridgehead atoms. The highest BCUT2D eigenvalue weighted by atomic mass is 15.0. The van der Waals surface area contributed by atoms with Gasteiger partial charge in [-0.2, -0.15) is 0 Å². The van der Waals surface area contributed by atoms with E-state index in [0.717, 1.165) is 24.5 Å². The van der Waals surface area contributed by atoms with Crippen LogP contribution in [0, 0.1) is 0 Å². The lowest BCUT2D eigenvalue weighted by Crippen LogP contribution is -2.07. The summed E-state index contributed by atoms with van der Waals surface area (Å²) in [6.45, 7) is 5.10. The fourth-order valence-corrected chi connectivity index (χ4v) is 1.67. The van der Waals surface area contributed by atoms with Crippen molar-refractivity contribution in [2.75, 3.05) is 11.9 Å². The molecule has 0 spiro atoms. The Balaban J connectivity index is 1.89. The van der Waals surface area contributed by atoms with Crippen LogP contribution in [-0.4, -0.2) is 21.5 Å². The Kier molecular flexibility index (Phi) is 4.23. The highest BCUT2D eigenvalue weighted by molar-refractivity contribution is 5.35. The quantitative estimate of drug-likeness (QED) is 0.875. The zero-order chi connectivity index (χ0) is 12.8. The lowest BCUT2D eigenvalue weighted by Gasteiger charge is -2.08. The molecule has 4 nitrogen and oxygen atoms in total. The zero-order valence-corrected chi connectivity index (χ0v) is 10.8. The molecule has 2 heterocycles. The minimum atomic E-state index is 0.423. The van der Waals surface area contributed by atoms with Gasteiger partial charge >= 0.3 is 0 Å². The van der Waals surface area contributed by atoms with Crippen molar-refractivity contribution < 1.29 is 0 Å². The molecule has 4 heteroatoms. The van der Waals surface area contributed by atoms with Crippen molar-refractivity contribution in [1.29, 1.82) is 0 Å². The zero-order valence-electron chi connectivity index (χ0n) is 10.8. The minimum Gasteiger partial charge on any atom is -0.370 e. The number of aromatic nitrogens is 3. The van der Waals surface area contributed by atoms with Crippen LogP contribution in [0.5, 0.6) is 0 Å². The standard InChI is InChI=1S/C14H18N4/c1-11(2)13-8-14(18-10-17-13)16-7-5-12-4-3-6-15-9-12/h3-4,6,8-11H,5,7H2,1-2H3,(H,16,17,18). The Morgan fingerprint density at radius 1 is 1.28 bits per heavy atom. The SMILES string of the molecule is CC(C)c1cc(NCCc2cccnc2)ncn1. The molecule has 0 unspecified atom stereocenters. The summed E-state index contributed by atoms with van der Waals surface area (Å²) in [5, 5.41) is 3.31. The van der Waals surface area contributed by atoms with Crippen molar-refractivity contribution in [3.05, 3.63) is 48.2 Å². The number of hydrogen-bond acceptors (Lipinski definition) is 4. The van der Waals surface area contributed by atoms with E-state index >= 15 is 0 Å². The summed E-state index contributed by atoms with van der Waals surface area (Å²) < 4.78 is 0. The van der Waals surface area contributed by atoms with Gasteiger partial charge < -0.3 is 5.32 Å². The number of hydrogen-bond donors (Lipinski definition) is 1. The molecule has 2 rings (SSSR count). The number of nitrogens with one attached hydrogen (secondary N) is 1. The van der Waals surface area contributed by atoms with Crippen LogP contribution in [0.2, 0.25) is 0 Å². The van der Waals surface area contributed by atoms with E-state index in [-0.39, 0.29) is 0 Å². The minimum absolute atomic E-state index is 0.423. The summed E-state index contributed by atoms with van der Waals surface area (Å²) in [7, 11) is 0. The lowest BCUT2D eigenvalue weighted by atomic mass is 10.1. The average Bonchev–Trinajstić information content (AvgIpc) is 2.40.